The van der Waals surface area contributed by atoms with Crippen molar-refractivity contribution >= 4 is 11.6 Å². The number of benzene rings is 1. The van der Waals surface area contributed by atoms with E-state index in [0.29, 0.717) is 21.7 Å². The Morgan fingerprint density at radius 1 is 1.47 bits per heavy atom. The highest BCUT2D eigenvalue weighted by Gasteiger charge is 2.15. The highest BCUT2D eigenvalue weighted by Crippen LogP contribution is 2.32. The molecule has 0 unspecified atom stereocenters. The summed E-state index contributed by atoms with van der Waals surface area (Å²) in [6.45, 7) is 0.0531. The van der Waals surface area contributed by atoms with Gasteiger partial charge in [0.05, 0.1) is 6.61 Å². The van der Waals surface area contributed by atoms with Gasteiger partial charge in [0.15, 0.2) is 0 Å². The topological polar surface area (TPSA) is 29.5 Å². The van der Waals surface area contributed by atoms with Crippen LogP contribution in [0.3, 0.4) is 0 Å². The second-order valence-electron chi connectivity index (χ2n) is 3.15. The molecule has 0 aliphatic rings. The molecule has 1 rings (SSSR count). The molecule has 0 aromatic heterocycles. The van der Waals surface area contributed by atoms with Gasteiger partial charge >= 0.3 is 6.61 Å². The predicted octanol–water partition coefficient (Wildman–Crippen LogP) is 3.05. The molecule has 0 atom stereocenters. The molecular weight excluding hydrogens is 226 g/mol. The Morgan fingerprint density at radius 2 is 2.07 bits per heavy atom. The van der Waals surface area contributed by atoms with Gasteiger partial charge in [-0.2, -0.15) is 8.78 Å². The van der Waals surface area contributed by atoms with Crippen molar-refractivity contribution < 1.29 is 18.6 Å². The van der Waals surface area contributed by atoms with Gasteiger partial charge in [0.1, 0.15) is 5.75 Å². The van der Waals surface area contributed by atoms with Gasteiger partial charge in [-0.1, -0.05) is 11.6 Å². The van der Waals surface area contributed by atoms with Crippen LogP contribution in [0.15, 0.2) is 6.07 Å². The fourth-order valence-electron chi connectivity index (χ4n) is 1.36. The number of halogens is 3. The van der Waals surface area contributed by atoms with E-state index in [-0.39, 0.29) is 12.4 Å². The van der Waals surface area contributed by atoms with Crippen molar-refractivity contribution in [1.29, 1.82) is 0 Å². The third kappa shape index (κ3) is 2.58. The number of aryl methyl sites for hydroxylation is 1. The van der Waals surface area contributed by atoms with E-state index in [9.17, 15) is 8.78 Å². The summed E-state index contributed by atoms with van der Waals surface area (Å²) >= 11 is 5.92. The highest BCUT2D eigenvalue weighted by molar-refractivity contribution is 6.32. The molecule has 0 radical (unpaired) electrons. The fraction of sp³-hybridized carbons (Fsp3) is 0.400. The lowest BCUT2D eigenvalue weighted by Gasteiger charge is -2.14. The lowest BCUT2D eigenvalue weighted by Crippen LogP contribution is -2.06. The lowest BCUT2D eigenvalue weighted by atomic mass is 10.0. The van der Waals surface area contributed by atoms with Crippen LogP contribution in [0.5, 0.6) is 5.75 Å². The lowest BCUT2D eigenvalue weighted by molar-refractivity contribution is -0.0510. The van der Waals surface area contributed by atoms with Crippen LogP contribution in [-0.2, 0) is 6.61 Å². The second-order valence-corrected chi connectivity index (χ2v) is 3.52. The van der Waals surface area contributed by atoms with Gasteiger partial charge in [-0.3, -0.25) is 0 Å². The maximum absolute atomic E-state index is 12.1. The Bertz CT molecular complexity index is 367. The van der Waals surface area contributed by atoms with Crippen molar-refractivity contribution in [3.05, 3.63) is 27.8 Å². The first kappa shape index (κ1) is 12.2. The van der Waals surface area contributed by atoms with Crippen molar-refractivity contribution in [2.45, 2.75) is 27.1 Å². The third-order valence-electron chi connectivity index (χ3n) is 2.15. The van der Waals surface area contributed by atoms with E-state index in [1.807, 2.05) is 0 Å². The van der Waals surface area contributed by atoms with Crippen molar-refractivity contribution in [3.8, 4) is 5.75 Å². The largest absolute Gasteiger partial charge is 0.434 e. The first-order valence-corrected chi connectivity index (χ1v) is 4.69. The molecule has 0 saturated heterocycles. The molecule has 0 spiro atoms. The minimum absolute atomic E-state index is 0.0214. The van der Waals surface area contributed by atoms with Crippen LogP contribution in [0, 0.1) is 13.8 Å². The van der Waals surface area contributed by atoms with Crippen LogP contribution >= 0.6 is 11.6 Å². The molecule has 15 heavy (non-hydrogen) atoms. The van der Waals surface area contributed by atoms with Gasteiger partial charge in [-0.25, -0.2) is 0 Å². The van der Waals surface area contributed by atoms with Crippen molar-refractivity contribution in [2.75, 3.05) is 0 Å². The molecule has 0 amide bonds. The average molecular weight is 237 g/mol. The first-order valence-electron chi connectivity index (χ1n) is 4.31. The number of aliphatic hydroxyl groups is 1. The summed E-state index contributed by atoms with van der Waals surface area (Å²) in [5.74, 6) is -0.0214. The molecule has 0 bridgehead atoms. The Hall–Kier alpha value is -0.870. The molecule has 1 N–H and O–H groups in total. The van der Waals surface area contributed by atoms with E-state index >= 15 is 0 Å². The summed E-state index contributed by atoms with van der Waals surface area (Å²) in [6, 6.07) is 1.40. The quantitative estimate of drug-likeness (QED) is 0.874. The van der Waals surface area contributed by atoms with E-state index in [1.54, 1.807) is 13.8 Å². The zero-order valence-electron chi connectivity index (χ0n) is 8.35. The first-order chi connectivity index (χ1) is 6.97. The standard InChI is InChI=1S/C10H11ClF2O2/c1-5-3-8(15-10(12)13)7(4-14)6(2)9(5)11/h3,10,14H,4H2,1-2H3. The molecule has 0 aliphatic carbocycles. The number of hydrogen-bond acceptors (Lipinski definition) is 2. The maximum atomic E-state index is 12.1. The summed E-state index contributed by atoms with van der Waals surface area (Å²) in [5, 5.41) is 9.50. The SMILES string of the molecule is Cc1cc(OC(F)F)c(CO)c(C)c1Cl. The van der Waals surface area contributed by atoms with Gasteiger partial charge in [-0.05, 0) is 31.0 Å². The van der Waals surface area contributed by atoms with E-state index in [2.05, 4.69) is 4.74 Å². The molecule has 0 fully saturated rings. The van der Waals surface area contributed by atoms with Crippen molar-refractivity contribution in [3.63, 3.8) is 0 Å². The number of rotatable bonds is 3. The fourth-order valence-corrected chi connectivity index (χ4v) is 1.53. The number of alkyl halides is 2. The molecule has 84 valence electrons. The Labute approximate surface area is 91.4 Å². The maximum Gasteiger partial charge on any atom is 0.387 e. The predicted molar refractivity (Wildman–Crippen MR) is 53.5 cm³/mol. The highest BCUT2D eigenvalue weighted by atomic mass is 35.5. The average Bonchev–Trinajstić information content (AvgIpc) is 2.14. The van der Waals surface area contributed by atoms with Gasteiger partial charge in [0.25, 0.3) is 0 Å². The summed E-state index contributed by atoms with van der Waals surface area (Å²) in [4.78, 5) is 0. The van der Waals surface area contributed by atoms with Crippen LogP contribution in [0.2, 0.25) is 5.02 Å². The summed E-state index contributed by atoms with van der Waals surface area (Å²) < 4.78 is 28.4. The minimum Gasteiger partial charge on any atom is -0.434 e. The molecule has 2 nitrogen and oxygen atoms in total. The van der Waals surface area contributed by atoms with E-state index in [1.165, 1.54) is 6.07 Å². The van der Waals surface area contributed by atoms with E-state index in [4.69, 9.17) is 16.7 Å². The van der Waals surface area contributed by atoms with Crippen LogP contribution in [0.1, 0.15) is 16.7 Å². The normalized spacial score (nSPS) is 10.9. The number of aliphatic hydroxyl groups excluding tert-OH is 1. The molecule has 0 saturated carbocycles. The van der Waals surface area contributed by atoms with Gasteiger partial charge in [-0.15, -0.1) is 0 Å². The summed E-state index contributed by atoms with van der Waals surface area (Å²) in [5.41, 5.74) is 1.50. The summed E-state index contributed by atoms with van der Waals surface area (Å²) in [6.07, 6.45) is 0. The van der Waals surface area contributed by atoms with Crippen LogP contribution in [-0.4, -0.2) is 11.7 Å². The zero-order valence-corrected chi connectivity index (χ0v) is 9.11. The Kier molecular flexibility index (Phi) is 3.88. The minimum atomic E-state index is -2.91. The third-order valence-corrected chi connectivity index (χ3v) is 2.73. The summed E-state index contributed by atoms with van der Waals surface area (Å²) in [7, 11) is 0. The zero-order chi connectivity index (χ0) is 11.6. The molecule has 1 aromatic rings. The second kappa shape index (κ2) is 4.77. The molecule has 1 aromatic carbocycles. The van der Waals surface area contributed by atoms with E-state index in [0.717, 1.165) is 0 Å². The van der Waals surface area contributed by atoms with Gasteiger partial charge in [0, 0.05) is 10.6 Å². The van der Waals surface area contributed by atoms with Crippen LogP contribution in [0.25, 0.3) is 0 Å². The Morgan fingerprint density at radius 3 is 2.53 bits per heavy atom. The molecule has 0 heterocycles. The van der Waals surface area contributed by atoms with Crippen LogP contribution < -0.4 is 4.74 Å². The van der Waals surface area contributed by atoms with E-state index < -0.39 is 6.61 Å². The molecule has 0 aliphatic heterocycles. The molecule has 5 heteroatoms. The van der Waals surface area contributed by atoms with Gasteiger partial charge < -0.3 is 9.84 Å². The Balaban J connectivity index is 3.25. The number of hydrogen-bond donors (Lipinski definition) is 1. The van der Waals surface area contributed by atoms with Crippen molar-refractivity contribution in [1.82, 2.24) is 0 Å². The molecular formula is C10H11ClF2O2. The smallest absolute Gasteiger partial charge is 0.387 e. The number of ether oxygens (including phenoxy) is 1. The van der Waals surface area contributed by atoms with Crippen molar-refractivity contribution in [2.24, 2.45) is 0 Å². The monoisotopic (exact) mass is 236 g/mol. The van der Waals surface area contributed by atoms with Gasteiger partial charge in [0.2, 0.25) is 0 Å². The van der Waals surface area contributed by atoms with Crippen LogP contribution in [0.4, 0.5) is 8.78 Å².